The molecule has 1 aromatic carbocycles. The van der Waals surface area contributed by atoms with E-state index in [1.165, 1.54) is 37.7 Å². The molecular weight excluding hydrogens is 354 g/mol. The Morgan fingerprint density at radius 2 is 1.82 bits per heavy atom. The maximum Gasteiger partial charge on any atom is 0.320 e. The van der Waals surface area contributed by atoms with Crippen molar-refractivity contribution in [2.75, 3.05) is 33.0 Å². The summed E-state index contributed by atoms with van der Waals surface area (Å²) in [5, 5.41) is 0. The summed E-state index contributed by atoms with van der Waals surface area (Å²) >= 11 is 0. The number of hydrogen-bond donors (Lipinski definition) is 1. The second kappa shape index (κ2) is 6.72. The lowest BCUT2D eigenvalue weighted by molar-refractivity contribution is 0.143. The monoisotopic (exact) mass is 379 g/mol. The van der Waals surface area contributed by atoms with Gasteiger partial charge in [-0.15, -0.1) is 0 Å². The number of likely N-dealkylation sites (tertiary alicyclic amines) is 2. The van der Waals surface area contributed by atoms with Crippen LogP contribution in [0.25, 0.3) is 11.2 Å². The number of piperazine rings is 1. The van der Waals surface area contributed by atoms with Crippen LogP contribution in [0.3, 0.4) is 0 Å². The second-order valence-electron chi connectivity index (χ2n) is 7.87. The SMILES string of the molecule is COc1nc(N)c2ncn(Cc3ccc(CN4CC5CC4CN5C)cc3)c2n1. The first kappa shape index (κ1) is 17.4. The van der Waals surface area contributed by atoms with Crippen molar-refractivity contribution in [1.29, 1.82) is 0 Å². The molecule has 2 aliphatic rings. The molecule has 0 radical (unpaired) electrons. The first-order valence-corrected chi connectivity index (χ1v) is 9.65. The lowest BCUT2D eigenvalue weighted by atomic mass is 10.1. The second-order valence-corrected chi connectivity index (χ2v) is 7.87. The number of anilines is 1. The highest BCUT2D eigenvalue weighted by molar-refractivity contribution is 5.81. The van der Waals surface area contributed by atoms with Crippen molar-refractivity contribution in [2.24, 2.45) is 0 Å². The number of nitrogens with zero attached hydrogens (tertiary/aromatic N) is 6. The standard InChI is InChI=1S/C20H25N7O/c1-25-10-16-7-15(25)11-26(16)8-13-3-5-14(6-4-13)9-27-12-22-17-18(21)23-20(28-2)24-19(17)27/h3-6,12,15-16H,7-11H2,1-2H3,(H2,21,23,24). The molecule has 2 aliphatic heterocycles. The summed E-state index contributed by atoms with van der Waals surface area (Å²) in [4.78, 5) is 17.9. The molecule has 146 valence electrons. The quantitative estimate of drug-likeness (QED) is 0.716. The predicted octanol–water partition coefficient (Wildman–Crippen LogP) is 1.35. The summed E-state index contributed by atoms with van der Waals surface area (Å²) < 4.78 is 7.11. The number of nitrogen functional groups attached to an aromatic ring is 1. The van der Waals surface area contributed by atoms with E-state index in [1.807, 2.05) is 4.57 Å². The van der Waals surface area contributed by atoms with Crippen LogP contribution in [0, 0.1) is 0 Å². The van der Waals surface area contributed by atoms with Gasteiger partial charge in [0, 0.05) is 31.7 Å². The van der Waals surface area contributed by atoms with Gasteiger partial charge in [0.2, 0.25) is 0 Å². The number of fused-ring (bicyclic) bond motifs is 3. The van der Waals surface area contributed by atoms with Gasteiger partial charge in [-0.1, -0.05) is 24.3 Å². The average molecular weight is 379 g/mol. The molecule has 8 heteroatoms. The Labute approximate surface area is 163 Å². The zero-order valence-corrected chi connectivity index (χ0v) is 16.2. The maximum atomic E-state index is 5.96. The molecule has 0 spiro atoms. The lowest BCUT2D eigenvalue weighted by Crippen LogP contribution is -2.43. The van der Waals surface area contributed by atoms with Crippen LogP contribution in [0.2, 0.25) is 0 Å². The molecule has 2 aromatic heterocycles. The molecule has 2 atom stereocenters. The van der Waals surface area contributed by atoms with E-state index in [2.05, 4.69) is 56.1 Å². The number of benzene rings is 1. The van der Waals surface area contributed by atoms with E-state index in [0.717, 1.165) is 12.6 Å². The van der Waals surface area contributed by atoms with Crippen LogP contribution < -0.4 is 10.5 Å². The van der Waals surface area contributed by atoms with Crippen molar-refractivity contribution in [3.63, 3.8) is 0 Å². The summed E-state index contributed by atoms with van der Waals surface area (Å²) in [6.45, 7) is 4.09. The summed E-state index contributed by atoms with van der Waals surface area (Å²) in [6.07, 6.45) is 3.07. The predicted molar refractivity (Wildman–Crippen MR) is 107 cm³/mol. The van der Waals surface area contributed by atoms with Gasteiger partial charge in [-0.3, -0.25) is 4.90 Å². The van der Waals surface area contributed by atoms with Gasteiger partial charge in [-0.05, 0) is 24.6 Å². The molecule has 2 N–H and O–H groups in total. The minimum absolute atomic E-state index is 0.257. The van der Waals surface area contributed by atoms with Crippen LogP contribution in [0.1, 0.15) is 17.5 Å². The minimum atomic E-state index is 0.257. The van der Waals surface area contributed by atoms with Gasteiger partial charge in [0.25, 0.3) is 0 Å². The highest BCUT2D eigenvalue weighted by atomic mass is 16.5. The normalized spacial score (nSPS) is 22.4. The summed E-state index contributed by atoms with van der Waals surface area (Å²) in [5.41, 5.74) is 9.81. The fourth-order valence-electron chi connectivity index (χ4n) is 4.48. The zero-order chi connectivity index (χ0) is 19.3. The Balaban J connectivity index is 1.30. The Bertz CT molecular complexity index is 998. The molecule has 0 saturated carbocycles. The number of rotatable bonds is 5. The topological polar surface area (TPSA) is 85.3 Å². The van der Waals surface area contributed by atoms with Gasteiger partial charge in [0.1, 0.15) is 0 Å². The molecule has 2 saturated heterocycles. The number of hydrogen-bond acceptors (Lipinski definition) is 7. The summed E-state index contributed by atoms with van der Waals surface area (Å²) in [6, 6.07) is 10.5. The van der Waals surface area contributed by atoms with E-state index in [1.54, 1.807) is 6.33 Å². The first-order valence-electron chi connectivity index (χ1n) is 9.65. The van der Waals surface area contributed by atoms with E-state index in [9.17, 15) is 0 Å². The molecular formula is C20H25N7O. The van der Waals surface area contributed by atoms with Crippen molar-refractivity contribution in [3.05, 3.63) is 41.7 Å². The van der Waals surface area contributed by atoms with Gasteiger partial charge in [-0.25, -0.2) is 4.98 Å². The molecule has 28 heavy (non-hydrogen) atoms. The van der Waals surface area contributed by atoms with Crippen molar-refractivity contribution in [1.82, 2.24) is 29.3 Å². The highest BCUT2D eigenvalue weighted by Gasteiger charge is 2.40. The Kier molecular flexibility index (Phi) is 4.17. The number of likely N-dealkylation sites (N-methyl/N-ethyl adjacent to an activating group) is 1. The molecule has 4 heterocycles. The highest BCUT2D eigenvalue weighted by Crippen LogP contribution is 2.30. The van der Waals surface area contributed by atoms with Crippen LogP contribution >= 0.6 is 0 Å². The van der Waals surface area contributed by atoms with Crippen LogP contribution in [0.5, 0.6) is 6.01 Å². The molecule has 0 amide bonds. The van der Waals surface area contributed by atoms with Gasteiger partial charge in [0.05, 0.1) is 20.0 Å². The molecule has 2 bridgehead atoms. The van der Waals surface area contributed by atoms with Crippen molar-refractivity contribution < 1.29 is 4.74 Å². The third kappa shape index (κ3) is 2.98. The Morgan fingerprint density at radius 3 is 2.46 bits per heavy atom. The van der Waals surface area contributed by atoms with E-state index in [0.29, 0.717) is 29.6 Å². The molecule has 8 nitrogen and oxygen atoms in total. The summed E-state index contributed by atoms with van der Waals surface area (Å²) in [7, 11) is 3.77. The van der Waals surface area contributed by atoms with Gasteiger partial charge < -0.3 is 19.9 Å². The van der Waals surface area contributed by atoms with E-state index < -0.39 is 0 Å². The number of aromatic nitrogens is 4. The third-order valence-electron chi connectivity index (χ3n) is 6.04. The number of imidazole rings is 1. The minimum Gasteiger partial charge on any atom is -0.467 e. The van der Waals surface area contributed by atoms with Gasteiger partial charge in [0.15, 0.2) is 17.0 Å². The van der Waals surface area contributed by atoms with E-state index in [-0.39, 0.29) is 6.01 Å². The smallest absolute Gasteiger partial charge is 0.320 e. The fraction of sp³-hybridized carbons (Fsp3) is 0.450. The average Bonchev–Trinajstić information content (AvgIpc) is 3.38. The van der Waals surface area contributed by atoms with Crippen molar-refractivity contribution >= 4 is 17.0 Å². The van der Waals surface area contributed by atoms with Crippen molar-refractivity contribution in [3.8, 4) is 6.01 Å². The van der Waals surface area contributed by atoms with E-state index >= 15 is 0 Å². The number of methoxy groups -OCH3 is 1. The van der Waals surface area contributed by atoms with Crippen LogP contribution in [0.15, 0.2) is 30.6 Å². The van der Waals surface area contributed by atoms with E-state index in [4.69, 9.17) is 10.5 Å². The summed E-state index contributed by atoms with van der Waals surface area (Å²) in [5.74, 6) is 0.335. The zero-order valence-electron chi connectivity index (χ0n) is 16.2. The maximum absolute atomic E-state index is 5.96. The van der Waals surface area contributed by atoms with Gasteiger partial charge in [-0.2, -0.15) is 9.97 Å². The molecule has 3 aromatic rings. The molecule has 2 unspecified atom stereocenters. The van der Waals surface area contributed by atoms with Crippen LogP contribution in [-0.2, 0) is 13.1 Å². The lowest BCUT2D eigenvalue weighted by Gasteiger charge is -2.31. The Morgan fingerprint density at radius 1 is 1.07 bits per heavy atom. The van der Waals surface area contributed by atoms with Crippen LogP contribution in [0.4, 0.5) is 5.82 Å². The van der Waals surface area contributed by atoms with Crippen LogP contribution in [-0.4, -0.2) is 68.6 Å². The largest absolute Gasteiger partial charge is 0.467 e. The molecule has 2 fully saturated rings. The van der Waals surface area contributed by atoms with Crippen molar-refractivity contribution in [2.45, 2.75) is 31.6 Å². The molecule has 5 rings (SSSR count). The number of ether oxygens (including phenoxy) is 1. The first-order chi connectivity index (χ1) is 13.6. The fourth-order valence-corrected chi connectivity index (χ4v) is 4.48. The van der Waals surface area contributed by atoms with Gasteiger partial charge >= 0.3 is 6.01 Å². The molecule has 0 aliphatic carbocycles. The Hall–Kier alpha value is -2.71. The number of nitrogens with two attached hydrogens (primary N) is 1. The third-order valence-corrected chi connectivity index (χ3v) is 6.04.